The first-order valence-electron chi connectivity index (χ1n) is 5.90. The number of furan rings is 1. The van der Waals surface area contributed by atoms with E-state index in [1.54, 1.807) is 17.0 Å². The number of likely N-dealkylation sites (N-methyl/N-ethyl adjacent to an activating group) is 1. The van der Waals surface area contributed by atoms with E-state index in [1.165, 1.54) is 12.8 Å². The largest absolute Gasteiger partial charge is 0.444 e. The smallest absolute Gasteiger partial charge is 0.289 e. The summed E-state index contributed by atoms with van der Waals surface area (Å²) in [7, 11) is 1.81. The molecule has 0 atom stereocenters. The Bertz CT molecular complexity index is 386. The predicted molar refractivity (Wildman–Crippen MR) is 69.0 cm³/mol. The van der Waals surface area contributed by atoms with Crippen LogP contribution in [0.5, 0.6) is 0 Å². The summed E-state index contributed by atoms with van der Waals surface area (Å²) < 4.78 is 5.84. The normalized spacial score (nSPS) is 16.4. The predicted octanol–water partition coefficient (Wildman–Crippen LogP) is 2.21. The Balaban J connectivity index is 1.82. The lowest BCUT2D eigenvalue weighted by atomic mass is 10.4. The average molecular weight is 301 g/mol. The summed E-state index contributed by atoms with van der Waals surface area (Å²) in [6.45, 7) is 4.02. The highest BCUT2D eigenvalue weighted by Crippen LogP contribution is 2.15. The molecule has 4 nitrogen and oxygen atoms in total. The molecule has 1 aliphatic heterocycles. The molecule has 1 amide bonds. The molecule has 2 heterocycles. The first-order chi connectivity index (χ1) is 8.16. The van der Waals surface area contributed by atoms with Crippen LogP contribution in [0, 0.1) is 0 Å². The maximum absolute atomic E-state index is 12.0. The molecular weight excluding hydrogens is 284 g/mol. The van der Waals surface area contributed by atoms with Crippen molar-refractivity contribution in [2.24, 2.45) is 0 Å². The molecule has 17 heavy (non-hydrogen) atoms. The summed E-state index contributed by atoms with van der Waals surface area (Å²) in [5, 5.41) is 0. The Labute approximate surface area is 110 Å². The number of nitrogens with zero attached hydrogens (tertiary/aromatic N) is 2. The van der Waals surface area contributed by atoms with E-state index in [1.807, 2.05) is 7.05 Å². The Kier molecular flexibility index (Phi) is 4.23. The van der Waals surface area contributed by atoms with Gasteiger partial charge in [0.2, 0.25) is 0 Å². The van der Waals surface area contributed by atoms with Gasteiger partial charge < -0.3 is 14.2 Å². The van der Waals surface area contributed by atoms with Crippen LogP contribution in [0.1, 0.15) is 23.4 Å². The van der Waals surface area contributed by atoms with E-state index in [4.69, 9.17) is 4.42 Å². The molecule has 0 bridgehead atoms. The number of likely N-dealkylation sites (tertiary alicyclic amines) is 1. The summed E-state index contributed by atoms with van der Waals surface area (Å²) >= 11 is 3.20. The van der Waals surface area contributed by atoms with Crippen molar-refractivity contribution in [3.05, 3.63) is 22.6 Å². The van der Waals surface area contributed by atoms with Crippen molar-refractivity contribution in [1.29, 1.82) is 0 Å². The van der Waals surface area contributed by atoms with Gasteiger partial charge in [0.25, 0.3) is 5.91 Å². The fourth-order valence-corrected chi connectivity index (χ4v) is 2.32. The molecule has 1 aliphatic rings. The van der Waals surface area contributed by atoms with Crippen molar-refractivity contribution in [3.63, 3.8) is 0 Å². The molecule has 94 valence electrons. The van der Waals surface area contributed by atoms with Crippen molar-refractivity contribution in [1.82, 2.24) is 9.80 Å². The van der Waals surface area contributed by atoms with Crippen LogP contribution in [0.25, 0.3) is 0 Å². The highest BCUT2D eigenvalue weighted by Gasteiger charge is 2.17. The van der Waals surface area contributed by atoms with Crippen LogP contribution in [0.3, 0.4) is 0 Å². The molecule has 1 fully saturated rings. The number of carbonyl (C=O) groups is 1. The highest BCUT2D eigenvalue weighted by atomic mass is 79.9. The molecule has 1 saturated heterocycles. The topological polar surface area (TPSA) is 36.7 Å². The summed E-state index contributed by atoms with van der Waals surface area (Å²) in [5.74, 6) is 0.329. The van der Waals surface area contributed by atoms with Gasteiger partial charge in [-0.1, -0.05) is 0 Å². The molecule has 0 aliphatic carbocycles. The maximum atomic E-state index is 12.0. The van der Waals surface area contributed by atoms with Crippen LogP contribution in [-0.4, -0.2) is 48.9 Å². The van der Waals surface area contributed by atoms with Gasteiger partial charge in [0.1, 0.15) is 0 Å². The zero-order valence-corrected chi connectivity index (χ0v) is 11.6. The third-order valence-corrected chi connectivity index (χ3v) is 3.51. The van der Waals surface area contributed by atoms with Crippen molar-refractivity contribution in [3.8, 4) is 0 Å². The van der Waals surface area contributed by atoms with Gasteiger partial charge in [-0.25, -0.2) is 0 Å². The molecule has 5 heteroatoms. The van der Waals surface area contributed by atoms with Crippen molar-refractivity contribution >= 4 is 21.8 Å². The number of amides is 1. The lowest BCUT2D eigenvalue weighted by Crippen LogP contribution is -2.35. The molecule has 0 saturated carbocycles. The van der Waals surface area contributed by atoms with E-state index < -0.39 is 0 Å². The zero-order chi connectivity index (χ0) is 12.3. The summed E-state index contributed by atoms with van der Waals surface area (Å²) in [6.07, 6.45) is 2.56. The standard InChI is InChI=1S/C12H17BrN2O2/c1-14(8-9-15-6-2-3-7-15)12(16)10-4-5-11(13)17-10/h4-5H,2-3,6-9H2,1H3. The van der Waals surface area contributed by atoms with Gasteiger partial charge in [0, 0.05) is 20.1 Å². The van der Waals surface area contributed by atoms with Gasteiger partial charge >= 0.3 is 0 Å². The maximum Gasteiger partial charge on any atom is 0.289 e. The first-order valence-corrected chi connectivity index (χ1v) is 6.69. The molecule has 0 spiro atoms. The van der Waals surface area contributed by atoms with Crippen molar-refractivity contribution in [2.75, 3.05) is 33.2 Å². The van der Waals surface area contributed by atoms with Crippen LogP contribution >= 0.6 is 15.9 Å². The summed E-state index contributed by atoms with van der Waals surface area (Å²) in [5.41, 5.74) is 0. The van der Waals surface area contributed by atoms with Gasteiger partial charge in [-0.2, -0.15) is 0 Å². The van der Waals surface area contributed by atoms with E-state index in [-0.39, 0.29) is 5.91 Å². The molecule has 0 radical (unpaired) electrons. The average Bonchev–Trinajstić information content (AvgIpc) is 2.95. The van der Waals surface area contributed by atoms with E-state index in [0.717, 1.165) is 26.2 Å². The monoisotopic (exact) mass is 300 g/mol. The van der Waals surface area contributed by atoms with E-state index in [0.29, 0.717) is 10.4 Å². The molecule has 0 aromatic carbocycles. The van der Waals surface area contributed by atoms with Crippen LogP contribution in [-0.2, 0) is 0 Å². The highest BCUT2D eigenvalue weighted by molar-refractivity contribution is 9.10. The minimum absolute atomic E-state index is 0.0603. The van der Waals surface area contributed by atoms with Crippen molar-refractivity contribution in [2.45, 2.75) is 12.8 Å². The Morgan fingerprint density at radius 3 is 2.76 bits per heavy atom. The number of carbonyl (C=O) groups excluding carboxylic acids is 1. The number of hydrogen-bond donors (Lipinski definition) is 0. The Morgan fingerprint density at radius 1 is 1.47 bits per heavy atom. The summed E-state index contributed by atoms with van der Waals surface area (Å²) in [4.78, 5) is 16.1. The van der Waals surface area contributed by atoms with Crippen molar-refractivity contribution < 1.29 is 9.21 Å². The third-order valence-electron chi connectivity index (χ3n) is 3.08. The van der Waals surface area contributed by atoms with Crippen LogP contribution in [0.2, 0.25) is 0 Å². The molecular formula is C12H17BrN2O2. The fraction of sp³-hybridized carbons (Fsp3) is 0.583. The molecule has 0 unspecified atom stereocenters. The second-order valence-electron chi connectivity index (χ2n) is 4.38. The SMILES string of the molecule is CN(CCN1CCCC1)C(=O)c1ccc(Br)o1. The van der Waals surface area contributed by atoms with Gasteiger partial charge in [-0.05, 0) is 54.0 Å². The van der Waals surface area contributed by atoms with E-state index in [2.05, 4.69) is 20.8 Å². The van der Waals surface area contributed by atoms with Crippen LogP contribution in [0.15, 0.2) is 21.2 Å². The number of hydrogen-bond acceptors (Lipinski definition) is 3. The molecule has 0 N–H and O–H groups in total. The fourth-order valence-electron chi connectivity index (χ4n) is 2.02. The molecule has 2 rings (SSSR count). The lowest BCUT2D eigenvalue weighted by Gasteiger charge is -2.20. The second-order valence-corrected chi connectivity index (χ2v) is 5.16. The van der Waals surface area contributed by atoms with Gasteiger partial charge in [-0.3, -0.25) is 4.79 Å². The molecule has 1 aromatic heterocycles. The molecule has 1 aromatic rings. The third kappa shape index (κ3) is 3.33. The minimum atomic E-state index is -0.0603. The van der Waals surface area contributed by atoms with Gasteiger partial charge in [0.05, 0.1) is 0 Å². The van der Waals surface area contributed by atoms with Crippen LogP contribution < -0.4 is 0 Å². The second kappa shape index (κ2) is 5.69. The summed E-state index contributed by atoms with van der Waals surface area (Å²) in [6, 6.07) is 3.43. The van der Waals surface area contributed by atoms with E-state index >= 15 is 0 Å². The minimum Gasteiger partial charge on any atom is -0.444 e. The quantitative estimate of drug-likeness (QED) is 0.855. The van der Waals surface area contributed by atoms with Crippen LogP contribution in [0.4, 0.5) is 0 Å². The van der Waals surface area contributed by atoms with Gasteiger partial charge in [0.15, 0.2) is 10.4 Å². The lowest BCUT2D eigenvalue weighted by molar-refractivity contribution is 0.0749. The number of halogens is 1. The first kappa shape index (κ1) is 12.6. The number of rotatable bonds is 4. The van der Waals surface area contributed by atoms with E-state index in [9.17, 15) is 4.79 Å². The van der Waals surface area contributed by atoms with Gasteiger partial charge in [-0.15, -0.1) is 0 Å². The Morgan fingerprint density at radius 2 is 2.18 bits per heavy atom. The Hall–Kier alpha value is -0.810. The zero-order valence-electron chi connectivity index (χ0n) is 9.99.